The van der Waals surface area contributed by atoms with E-state index < -0.39 is 36.0 Å². The SMILES string of the molecule is CN1CC[C@@](CC(=O)O)(C(=O)O)[C@@H]1C(F)(F)F. The number of rotatable bonds is 3. The molecule has 17 heavy (non-hydrogen) atoms. The molecular formula is C9H12F3NO4. The average molecular weight is 255 g/mol. The number of likely N-dealkylation sites (tertiary alicyclic amines) is 1. The lowest BCUT2D eigenvalue weighted by Gasteiger charge is -2.33. The van der Waals surface area contributed by atoms with Crippen molar-refractivity contribution >= 4 is 11.9 Å². The van der Waals surface area contributed by atoms with E-state index in [2.05, 4.69) is 0 Å². The molecule has 98 valence electrons. The molecule has 1 heterocycles. The molecule has 1 rings (SSSR count). The monoisotopic (exact) mass is 255 g/mol. The van der Waals surface area contributed by atoms with Crippen LogP contribution in [0, 0.1) is 5.41 Å². The summed E-state index contributed by atoms with van der Waals surface area (Å²) in [5, 5.41) is 17.6. The van der Waals surface area contributed by atoms with Crippen LogP contribution in [-0.2, 0) is 9.59 Å². The second-order valence-corrected chi connectivity index (χ2v) is 4.21. The maximum Gasteiger partial charge on any atom is 0.405 e. The number of hydrogen-bond acceptors (Lipinski definition) is 3. The van der Waals surface area contributed by atoms with Crippen LogP contribution in [-0.4, -0.2) is 52.9 Å². The van der Waals surface area contributed by atoms with Crippen molar-refractivity contribution < 1.29 is 33.0 Å². The highest BCUT2D eigenvalue weighted by atomic mass is 19.4. The Morgan fingerprint density at radius 2 is 1.94 bits per heavy atom. The van der Waals surface area contributed by atoms with Gasteiger partial charge in [0.2, 0.25) is 0 Å². The summed E-state index contributed by atoms with van der Waals surface area (Å²) >= 11 is 0. The first-order valence-electron chi connectivity index (χ1n) is 4.83. The van der Waals surface area contributed by atoms with E-state index in [1.807, 2.05) is 0 Å². The number of alkyl halides is 3. The number of carboxylic acid groups (broad SMARTS) is 2. The smallest absolute Gasteiger partial charge is 0.405 e. The third-order valence-corrected chi connectivity index (χ3v) is 3.08. The van der Waals surface area contributed by atoms with E-state index in [-0.39, 0.29) is 13.0 Å². The maximum atomic E-state index is 12.8. The van der Waals surface area contributed by atoms with Gasteiger partial charge in [-0.05, 0) is 20.0 Å². The molecule has 0 spiro atoms. The molecule has 0 radical (unpaired) electrons. The van der Waals surface area contributed by atoms with Crippen molar-refractivity contribution in [1.29, 1.82) is 0 Å². The van der Waals surface area contributed by atoms with Crippen molar-refractivity contribution in [2.75, 3.05) is 13.6 Å². The second-order valence-electron chi connectivity index (χ2n) is 4.21. The van der Waals surface area contributed by atoms with Crippen LogP contribution in [0.1, 0.15) is 12.8 Å². The normalized spacial score (nSPS) is 30.5. The van der Waals surface area contributed by atoms with Gasteiger partial charge < -0.3 is 10.2 Å². The quantitative estimate of drug-likeness (QED) is 0.779. The van der Waals surface area contributed by atoms with Crippen LogP contribution in [0.3, 0.4) is 0 Å². The number of carbonyl (C=O) groups is 2. The van der Waals surface area contributed by atoms with Crippen LogP contribution >= 0.6 is 0 Å². The van der Waals surface area contributed by atoms with Gasteiger partial charge in [-0.15, -0.1) is 0 Å². The standard InChI is InChI=1S/C9H12F3NO4/c1-13-3-2-8(7(16)17,4-5(14)15)6(13)9(10,11)12/h6H,2-4H2,1H3,(H,14,15)(H,16,17)/t6-,8+/m1/s1. The molecule has 1 saturated heterocycles. The third kappa shape index (κ3) is 2.36. The minimum Gasteiger partial charge on any atom is -0.481 e. The Morgan fingerprint density at radius 3 is 2.29 bits per heavy atom. The molecule has 2 N–H and O–H groups in total. The molecule has 5 nitrogen and oxygen atoms in total. The number of hydrogen-bond donors (Lipinski definition) is 2. The summed E-state index contributed by atoms with van der Waals surface area (Å²) in [6.07, 6.45) is -6.12. The lowest BCUT2D eigenvalue weighted by molar-refractivity contribution is -0.207. The van der Waals surface area contributed by atoms with Crippen LogP contribution < -0.4 is 0 Å². The Balaban J connectivity index is 3.20. The Labute approximate surface area is 94.8 Å². The summed E-state index contributed by atoms with van der Waals surface area (Å²) in [5.41, 5.74) is -2.29. The number of aliphatic carboxylic acids is 2. The molecule has 0 aromatic carbocycles. The van der Waals surface area contributed by atoms with Crippen molar-refractivity contribution in [2.24, 2.45) is 5.41 Å². The van der Waals surface area contributed by atoms with E-state index in [9.17, 15) is 22.8 Å². The van der Waals surface area contributed by atoms with E-state index >= 15 is 0 Å². The van der Waals surface area contributed by atoms with E-state index in [0.29, 0.717) is 0 Å². The van der Waals surface area contributed by atoms with Gasteiger partial charge in [0.05, 0.1) is 6.42 Å². The van der Waals surface area contributed by atoms with E-state index in [0.717, 1.165) is 11.9 Å². The zero-order chi connectivity index (χ0) is 13.4. The van der Waals surface area contributed by atoms with Crippen LogP contribution in [0.4, 0.5) is 13.2 Å². The Kier molecular flexibility index (Phi) is 3.37. The van der Waals surface area contributed by atoms with Crippen molar-refractivity contribution in [1.82, 2.24) is 4.90 Å². The predicted octanol–water partition coefficient (Wildman–Crippen LogP) is 0.798. The predicted molar refractivity (Wildman–Crippen MR) is 49.4 cm³/mol. The molecule has 2 atom stereocenters. The van der Waals surface area contributed by atoms with Gasteiger partial charge in [-0.2, -0.15) is 13.2 Å². The average Bonchev–Trinajstić information content (AvgIpc) is 2.41. The topological polar surface area (TPSA) is 77.8 Å². The largest absolute Gasteiger partial charge is 0.481 e. The van der Waals surface area contributed by atoms with E-state index in [1.54, 1.807) is 0 Å². The molecule has 0 saturated carbocycles. The number of carboxylic acids is 2. The number of nitrogens with zero attached hydrogens (tertiary/aromatic N) is 1. The van der Waals surface area contributed by atoms with E-state index in [1.165, 1.54) is 0 Å². The van der Waals surface area contributed by atoms with Gasteiger partial charge in [-0.25, -0.2) is 0 Å². The molecular weight excluding hydrogens is 243 g/mol. The molecule has 0 unspecified atom stereocenters. The van der Waals surface area contributed by atoms with Crippen molar-refractivity contribution in [3.63, 3.8) is 0 Å². The van der Waals surface area contributed by atoms with E-state index in [4.69, 9.17) is 10.2 Å². The summed E-state index contributed by atoms with van der Waals surface area (Å²) in [5.74, 6) is -3.26. The van der Waals surface area contributed by atoms with Gasteiger partial charge in [-0.3, -0.25) is 14.5 Å². The fourth-order valence-electron chi connectivity index (χ4n) is 2.38. The molecule has 1 aliphatic heterocycles. The summed E-state index contributed by atoms with van der Waals surface area (Å²) in [7, 11) is 1.14. The molecule has 0 bridgehead atoms. The highest BCUT2D eigenvalue weighted by Crippen LogP contribution is 2.47. The van der Waals surface area contributed by atoms with Crippen LogP contribution in [0.5, 0.6) is 0 Å². The molecule has 0 amide bonds. The number of halogens is 3. The Morgan fingerprint density at radius 1 is 1.41 bits per heavy atom. The van der Waals surface area contributed by atoms with Crippen molar-refractivity contribution in [3.8, 4) is 0 Å². The first kappa shape index (κ1) is 13.8. The lowest BCUT2D eigenvalue weighted by atomic mass is 9.77. The second kappa shape index (κ2) is 4.17. The van der Waals surface area contributed by atoms with Gasteiger partial charge >= 0.3 is 18.1 Å². The van der Waals surface area contributed by atoms with Gasteiger partial charge in [-0.1, -0.05) is 0 Å². The molecule has 0 aromatic heterocycles. The molecule has 0 aromatic rings. The summed E-state index contributed by atoms with van der Waals surface area (Å²) in [6.45, 7) is -0.0935. The summed E-state index contributed by atoms with van der Waals surface area (Å²) in [6, 6.07) is -2.26. The van der Waals surface area contributed by atoms with Gasteiger partial charge in [0.1, 0.15) is 11.5 Å². The van der Waals surface area contributed by atoms with Crippen molar-refractivity contribution in [3.05, 3.63) is 0 Å². The zero-order valence-electron chi connectivity index (χ0n) is 8.99. The molecule has 1 aliphatic rings. The first-order valence-corrected chi connectivity index (χ1v) is 4.83. The first-order chi connectivity index (χ1) is 7.61. The van der Waals surface area contributed by atoms with Gasteiger partial charge in [0.25, 0.3) is 0 Å². The molecule has 8 heteroatoms. The highest BCUT2D eigenvalue weighted by Gasteiger charge is 2.63. The minimum atomic E-state index is -4.76. The Hall–Kier alpha value is -1.31. The molecule has 0 aliphatic carbocycles. The third-order valence-electron chi connectivity index (χ3n) is 3.08. The highest BCUT2D eigenvalue weighted by molar-refractivity contribution is 5.82. The van der Waals surface area contributed by atoms with Crippen LogP contribution in [0.2, 0.25) is 0 Å². The summed E-state index contributed by atoms with van der Waals surface area (Å²) < 4.78 is 38.5. The van der Waals surface area contributed by atoms with Crippen LogP contribution in [0.25, 0.3) is 0 Å². The van der Waals surface area contributed by atoms with Crippen molar-refractivity contribution in [2.45, 2.75) is 25.1 Å². The fourth-order valence-corrected chi connectivity index (χ4v) is 2.38. The van der Waals surface area contributed by atoms with Crippen LogP contribution in [0.15, 0.2) is 0 Å². The van der Waals surface area contributed by atoms with Gasteiger partial charge in [0.15, 0.2) is 0 Å². The lowest BCUT2D eigenvalue weighted by Crippen LogP contribution is -2.53. The maximum absolute atomic E-state index is 12.8. The molecule has 1 fully saturated rings. The Bertz CT molecular complexity index is 344. The fraction of sp³-hybridized carbons (Fsp3) is 0.778. The minimum absolute atomic E-state index is 0.0935. The van der Waals surface area contributed by atoms with Gasteiger partial charge in [0, 0.05) is 0 Å². The zero-order valence-corrected chi connectivity index (χ0v) is 8.99. The summed E-state index contributed by atoms with van der Waals surface area (Å²) in [4.78, 5) is 22.5.